The highest BCUT2D eigenvalue weighted by molar-refractivity contribution is 5.81. The van der Waals surface area contributed by atoms with Gasteiger partial charge in [0.25, 0.3) is 0 Å². The van der Waals surface area contributed by atoms with Crippen molar-refractivity contribution < 1.29 is 0 Å². The molecule has 5 rings (SSSR count). The summed E-state index contributed by atoms with van der Waals surface area (Å²) in [7, 11) is 0. The summed E-state index contributed by atoms with van der Waals surface area (Å²) in [5.41, 5.74) is 10.9. The molecule has 0 radical (unpaired) electrons. The van der Waals surface area contributed by atoms with E-state index in [1.807, 2.05) is 24.4 Å². The van der Waals surface area contributed by atoms with E-state index < -0.39 is 0 Å². The van der Waals surface area contributed by atoms with Crippen LogP contribution in [-0.4, -0.2) is 9.97 Å². The zero-order chi connectivity index (χ0) is 27.6. The van der Waals surface area contributed by atoms with E-state index in [1.54, 1.807) is 0 Å². The maximum Gasteiger partial charge on any atom is 0.0730 e. The molecule has 0 bridgehead atoms. The third-order valence-electron chi connectivity index (χ3n) is 7.06. The van der Waals surface area contributed by atoms with E-state index in [2.05, 4.69) is 137 Å². The van der Waals surface area contributed by atoms with Crippen LogP contribution in [0.5, 0.6) is 0 Å². The summed E-state index contributed by atoms with van der Waals surface area (Å²) in [5.74, 6) is 0. The van der Waals surface area contributed by atoms with Gasteiger partial charge in [-0.25, -0.2) is 4.98 Å². The molecule has 1 N–H and O–H groups in total. The molecule has 0 saturated heterocycles. The molecular weight excluding hydrogens is 474 g/mol. The van der Waals surface area contributed by atoms with Gasteiger partial charge in [0.15, 0.2) is 0 Å². The minimum Gasteiger partial charge on any atom is -0.355 e. The van der Waals surface area contributed by atoms with Crippen LogP contribution in [0.15, 0.2) is 109 Å². The molecule has 0 fully saturated rings. The number of aromatic nitrogens is 2. The highest BCUT2D eigenvalue weighted by atomic mass is 14.9. The Bertz CT molecular complexity index is 1570. The van der Waals surface area contributed by atoms with Crippen molar-refractivity contribution in [2.24, 2.45) is 0 Å². The Hall–Kier alpha value is -4.24. The predicted molar refractivity (Wildman–Crippen MR) is 165 cm³/mol. The third kappa shape index (κ3) is 6.09. The van der Waals surface area contributed by atoms with Crippen LogP contribution in [0.1, 0.15) is 52.7 Å². The quantitative estimate of drug-likeness (QED) is 0.255. The molecule has 3 heteroatoms. The Labute approximate surface area is 233 Å². The fourth-order valence-electron chi connectivity index (χ4n) is 4.66. The maximum absolute atomic E-state index is 5.16. The number of hydrogen-bond acceptors (Lipinski definition) is 3. The number of anilines is 2. The van der Waals surface area contributed by atoms with Gasteiger partial charge in [0.05, 0.1) is 17.1 Å². The number of benzene rings is 3. The first-order valence-electron chi connectivity index (χ1n) is 13.6. The lowest BCUT2D eigenvalue weighted by atomic mass is 9.85. The average Bonchev–Trinajstić information content (AvgIpc) is 2.93. The minimum absolute atomic E-state index is 0.0241. The van der Waals surface area contributed by atoms with Gasteiger partial charge in [-0.2, -0.15) is 0 Å². The normalized spacial score (nSPS) is 11.8. The van der Waals surface area contributed by atoms with E-state index in [-0.39, 0.29) is 10.8 Å². The van der Waals surface area contributed by atoms with Gasteiger partial charge in [0.1, 0.15) is 0 Å². The van der Waals surface area contributed by atoms with Crippen LogP contribution >= 0.6 is 0 Å². The molecule has 0 amide bonds. The van der Waals surface area contributed by atoms with Gasteiger partial charge in [0.2, 0.25) is 0 Å². The second kappa shape index (κ2) is 10.5. The van der Waals surface area contributed by atoms with Crippen molar-refractivity contribution in [3.8, 4) is 33.8 Å². The van der Waals surface area contributed by atoms with E-state index >= 15 is 0 Å². The summed E-state index contributed by atoms with van der Waals surface area (Å²) >= 11 is 0. The van der Waals surface area contributed by atoms with Crippen molar-refractivity contribution >= 4 is 11.4 Å². The lowest BCUT2D eigenvalue weighted by molar-refractivity contribution is 0.590. The summed E-state index contributed by atoms with van der Waals surface area (Å²) in [6.07, 6.45) is 1.83. The van der Waals surface area contributed by atoms with Crippen LogP contribution in [0.4, 0.5) is 11.4 Å². The first-order chi connectivity index (χ1) is 18.6. The van der Waals surface area contributed by atoms with Crippen LogP contribution in [0, 0.1) is 0 Å². The van der Waals surface area contributed by atoms with Crippen LogP contribution in [0.25, 0.3) is 33.8 Å². The van der Waals surface area contributed by atoms with E-state index in [0.29, 0.717) is 0 Å². The monoisotopic (exact) mass is 511 g/mol. The summed E-state index contributed by atoms with van der Waals surface area (Å²) in [6.45, 7) is 13.5. The lowest BCUT2D eigenvalue weighted by Crippen LogP contribution is -2.12. The first-order valence-corrected chi connectivity index (χ1v) is 13.6. The Balaban J connectivity index is 1.55. The zero-order valence-corrected chi connectivity index (χ0v) is 23.8. The minimum atomic E-state index is 0.0241. The highest BCUT2D eigenvalue weighted by Crippen LogP contribution is 2.36. The van der Waals surface area contributed by atoms with Gasteiger partial charge < -0.3 is 5.32 Å². The van der Waals surface area contributed by atoms with Crippen molar-refractivity contribution in [2.75, 3.05) is 5.32 Å². The van der Waals surface area contributed by atoms with Crippen molar-refractivity contribution in [3.63, 3.8) is 0 Å². The first kappa shape index (κ1) is 26.4. The van der Waals surface area contributed by atoms with Crippen molar-refractivity contribution in [3.05, 3.63) is 120 Å². The van der Waals surface area contributed by atoms with Gasteiger partial charge in [-0.15, -0.1) is 0 Å². The smallest absolute Gasteiger partial charge is 0.0730 e. The van der Waals surface area contributed by atoms with E-state index in [1.165, 1.54) is 11.1 Å². The maximum atomic E-state index is 5.16. The molecule has 2 aromatic heterocycles. The molecule has 3 nitrogen and oxygen atoms in total. The molecule has 0 aliphatic heterocycles. The highest BCUT2D eigenvalue weighted by Gasteiger charge is 2.18. The summed E-state index contributed by atoms with van der Waals surface area (Å²) in [5, 5.41) is 3.67. The number of hydrogen-bond donors (Lipinski definition) is 1. The van der Waals surface area contributed by atoms with Crippen LogP contribution in [0.2, 0.25) is 0 Å². The molecule has 39 heavy (non-hydrogen) atoms. The fraction of sp³-hybridized carbons (Fsp3) is 0.222. The predicted octanol–water partition coefficient (Wildman–Crippen LogP) is 9.82. The molecule has 0 atom stereocenters. The number of nitrogens with one attached hydrogen (secondary N) is 1. The number of rotatable bonds is 5. The SMILES string of the molecule is CC(C)(C)c1ccc(Nc2ccc(C(C)(C)C)cc2-c2cccc(-c3cccc(-c4ccccn4)c3)n2)cc1. The van der Waals surface area contributed by atoms with Gasteiger partial charge in [0, 0.05) is 34.3 Å². The van der Waals surface area contributed by atoms with Crippen LogP contribution < -0.4 is 5.32 Å². The van der Waals surface area contributed by atoms with Crippen LogP contribution in [0.3, 0.4) is 0 Å². The Morgan fingerprint density at radius 3 is 1.82 bits per heavy atom. The largest absolute Gasteiger partial charge is 0.355 e. The molecule has 0 saturated carbocycles. The Kier molecular flexibility index (Phi) is 7.10. The van der Waals surface area contributed by atoms with E-state index in [4.69, 9.17) is 4.98 Å². The average molecular weight is 512 g/mol. The molecule has 0 aliphatic rings. The molecule has 0 spiro atoms. The molecule has 0 aliphatic carbocycles. The third-order valence-corrected chi connectivity index (χ3v) is 7.06. The standard InChI is InChI=1S/C36H37N3/c1-35(2,3)27-16-19-29(20-17-27)38-34-21-18-28(36(4,5)6)24-30(34)33-15-10-14-32(39-33)26-12-9-11-25(23-26)31-13-7-8-22-37-31/h7-24,38H,1-6H3. The molecule has 3 aromatic carbocycles. The fourth-order valence-corrected chi connectivity index (χ4v) is 4.66. The molecule has 2 heterocycles. The summed E-state index contributed by atoms with van der Waals surface area (Å²) < 4.78 is 0. The van der Waals surface area contributed by atoms with Gasteiger partial charge in [-0.1, -0.05) is 90.1 Å². The van der Waals surface area contributed by atoms with Gasteiger partial charge in [-0.3, -0.25) is 4.98 Å². The molecule has 196 valence electrons. The molecular formula is C36H37N3. The topological polar surface area (TPSA) is 37.8 Å². The summed E-state index contributed by atoms with van der Waals surface area (Å²) in [6, 6.07) is 36.1. The van der Waals surface area contributed by atoms with Gasteiger partial charge >= 0.3 is 0 Å². The van der Waals surface area contributed by atoms with Crippen molar-refractivity contribution in [2.45, 2.75) is 52.4 Å². The lowest BCUT2D eigenvalue weighted by Gasteiger charge is -2.22. The second-order valence-corrected chi connectivity index (χ2v) is 12.2. The second-order valence-electron chi connectivity index (χ2n) is 12.2. The van der Waals surface area contributed by atoms with Gasteiger partial charge in [-0.05, 0) is 76.6 Å². The van der Waals surface area contributed by atoms with Crippen LogP contribution in [-0.2, 0) is 10.8 Å². The summed E-state index contributed by atoms with van der Waals surface area (Å²) in [4.78, 5) is 9.68. The number of nitrogens with zero attached hydrogens (tertiary/aromatic N) is 2. The van der Waals surface area contributed by atoms with E-state index in [9.17, 15) is 0 Å². The van der Waals surface area contributed by atoms with E-state index in [0.717, 1.165) is 45.1 Å². The van der Waals surface area contributed by atoms with Crippen molar-refractivity contribution in [1.29, 1.82) is 0 Å². The zero-order valence-electron chi connectivity index (χ0n) is 23.8. The molecule has 0 unspecified atom stereocenters. The number of pyridine rings is 2. The van der Waals surface area contributed by atoms with Crippen molar-refractivity contribution in [1.82, 2.24) is 9.97 Å². The Morgan fingerprint density at radius 2 is 1.15 bits per heavy atom. The Morgan fingerprint density at radius 1 is 0.538 bits per heavy atom. The molecule has 5 aromatic rings.